The zero-order valence-corrected chi connectivity index (χ0v) is 7.93. The van der Waals surface area contributed by atoms with E-state index in [1.165, 1.54) is 19.4 Å². The van der Waals surface area contributed by atoms with Crippen LogP contribution >= 0.6 is 0 Å². The Kier molecular flexibility index (Phi) is 2.58. The Bertz CT molecular complexity index is 145. The minimum atomic E-state index is 0.496. The highest BCUT2D eigenvalue weighted by Crippen LogP contribution is 2.33. The normalized spacial score (nSPS) is 21.2. The largest absolute Gasteiger partial charge is 0.377 e. The van der Waals surface area contributed by atoms with Crippen molar-refractivity contribution in [1.82, 2.24) is 4.90 Å². The summed E-state index contributed by atoms with van der Waals surface area (Å²) in [6, 6.07) is 0. The van der Waals surface area contributed by atoms with Gasteiger partial charge < -0.3 is 4.90 Å². The van der Waals surface area contributed by atoms with Gasteiger partial charge in [-0.2, -0.15) is 0 Å². The summed E-state index contributed by atoms with van der Waals surface area (Å²) < 4.78 is 0. The second kappa shape index (κ2) is 3.29. The van der Waals surface area contributed by atoms with Crippen molar-refractivity contribution in [2.24, 2.45) is 5.41 Å². The number of hydrogen-bond acceptors (Lipinski definition) is 1. The molecule has 0 aromatic carbocycles. The highest BCUT2D eigenvalue weighted by atomic mass is 15.1. The van der Waals surface area contributed by atoms with E-state index in [1.807, 2.05) is 0 Å². The molecule has 0 bridgehead atoms. The first kappa shape index (κ1) is 8.63. The van der Waals surface area contributed by atoms with Crippen LogP contribution < -0.4 is 0 Å². The maximum Gasteiger partial charge on any atom is 0.0263 e. The van der Waals surface area contributed by atoms with Gasteiger partial charge in [0.1, 0.15) is 0 Å². The van der Waals surface area contributed by atoms with Gasteiger partial charge in [0, 0.05) is 18.5 Å². The molecule has 11 heavy (non-hydrogen) atoms. The molecule has 1 aliphatic rings. The molecule has 0 amide bonds. The predicted octanol–water partition coefficient (Wildman–Crippen LogP) is 2.64. The van der Waals surface area contributed by atoms with E-state index in [9.17, 15) is 0 Å². The zero-order valence-electron chi connectivity index (χ0n) is 7.93. The van der Waals surface area contributed by atoms with Gasteiger partial charge in [-0.1, -0.05) is 19.9 Å². The summed E-state index contributed by atoms with van der Waals surface area (Å²) in [7, 11) is 0. The van der Waals surface area contributed by atoms with Crippen LogP contribution in [0.25, 0.3) is 0 Å². The first-order chi connectivity index (χ1) is 5.26. The quantitative estimate of drug-likeness (QED) is 0.602. The first-order valence-electron chi connectivity index (χ1n) is 4.69. The SMILES string of the molecule is CCN1C=CC(CC)(CC)C1. The third-order valence-corrected chi connectivity index (χ3v) is 2.97. The molecule has 0 N–H and O–H groups in total. The Hall–Kier alpha value is -0.460. The average Bonchev–Trinajstić information content (AvgIpc) is 2.49. The van der Waals surface area contributed by atoms with E-state index in [4.69, 9.17) is 0 Å². The topological polar surface area (TPSA) is 3.24 Å². The summed E-state index contributed by atoms with van der Waals surface area (Å²) in [5.41, 5.74) is 0.496. The van der Waals surface area contributed by atoms with Crippen LogP contribution in [0.4, 0.5) is 0 Å². The highest BCUT2D eigenvalue weighted by molar-refractivity contribution is 5.06. The Labute approximate surface area is 70.1 Å². The smallest absolute Gasteiger partial charge is 0.0263 e. The highest BCUT2D eigenvalue weighted by Gasteiger charge is 2.28. The first-order valence-corrected chi connectivity index (χ1v) is 4.69. The van der Waals surface area contributed by atoms with E-state index < -0.39 is 0 Å². The maximum absolute atomic E-state index is 2.40. The third kappa shape index (κ3) is 1.58. The molecule has 0 saturated heterocycles. The fourth-order valence-electron chi connectivity index (χ4n) is 1.70. The van der Waals surface area contributed by atoms with Crippen LogP contribution in [0, 0.1) is 5.41 Å². The average molecular weight is 153 g/mol. The fraction of sp³-hybridized carbons (Fsp3) is 0.800. The molecule has 0 atom stereocenters. The summed E-state index contributed by atoms with van der Waals surface area (Å²) in [5, 5.41) is 0. The van der Waals surface area contributed by atoms with Gasteiger partial charge in [0.05, 0.1) is 0 Å². The van der Waals surface area contributed by atoms with Crippen molar-refractivity contribution in [3.05, 3.63) is 12.3 Å². The molecule has 64 valence electrons. The van der Waals surface area contributed by atoms with Gasteiger partial charge in [-0.25, -0.2) is 0 Å². The van der Waals surface area contributed by atoms with E-state index in [0.717, 1.165) is 6.54 Å². The van der Waals surface area contributed by atoms with Crippen LogP contribution in [-0.4, -0.2) is 18.0 Å². The van der Waals surface area contributed by atoms with E-state index in [1.54, 1.807) is 0 Å². The molecule has 0 aliphatic carbocycles. The lowest BCUT2D eigenvalue weighted by Crippen LogP contribution is -2.26. The summed E-state index contributed by atoms with van der Waals surface area (Å²) in [6.07, 6.45) is 7.19. The Morgan fingerprint density at radius 1 is 1.27 bits per heavy atom. The second-order valence-corrected chi connectivity index (χ2v) is 3.45. The van der Waals surface area contributed by atoms with Crippen LogP contribution in [0.15, 0.2) is 12.3 Å². The van der Waals surface area contributed by atoms with Gasteiger partial charge in [0.25, 0.3) is 0 Å². The van der Waals surface area contributed by atoms with Crippen molar-refractivity contribution in [3.63, 3.8) is 0 Å². The van der Waals surface area contributed by atoms with Gasteiger partial charge in [0.2, 0.25) is 0 Å². The van der Waals surface area contributed by atoms with Crippen LogP contribution in [0.5, 0.6) is 0 Å². The van der Waals surface area contributed by atoms with Crippen LogP contribution in [0.2, 0.25) is 0 Å². The molecule has 1 heterocycles. The van der Waals surface area contributed by atoms with Crippen LogP contribution in [-0.2, 0) is 0 Å². The van der Waals surface area contributed by atoms with E-state index in [0.29, 0.717) is 5.41 Å². The van der Waals surface area contributed by atoms with Crippen molar-refractivity contribution in [1.29, 1.82) is 0 Å². The molecule has 1 heteroatoms. The number of rotatable bonds is 3. The van der Waals surface area contributed by atoms with E-state index in [2.05, 4.69) is 37.9 Å². The van der Waals surface area contributed by atoms with E-state index >= 15 is 0 Å². The molecule has 0 aromatic rings. The van der Waals surface area contributed by atoms with Gasteiger partial charge in [-0.15, -0.1) is 0 Å². The molecule has 0 aromatic heterocycles. The second-order valence-electron chi connectivity index (χ2n) is 3.45. The minimum Gasteiger partial charge on any atom is -0.377 e. The van der Waals surface area contributed by atoms with E-state index in [-0.39, 0.29) is 0 Å². The molecule has 1 aliphatic heterocycles. The lowest BCUT2D eigenvalue weighted by atomic mass is 9.84. The molecular formula is C10H19N. The van der Waals surface area contributed by atoms with Gasteiger partial charge in [0.15, 0.2) is 0 Å². The van der Waals surface area contributed by atoms with Crippen molar-refractivity contribution >= 4 is 0 Å². The summed E-state index contributed by atoms with van der Waals surface area (Å²) in [6.45, 7) is 9.17. The molecule has 1 nitrogen and oxygen atoms in total. The lowest BCUT2D eigenvalue weighted by Gasteiger charge is -2.26. The monoisotopic (exact) mass is 153 g/mol. The summed E-state index contributed by atoms with van der Waals surface area (Å²) >= 11 is 0. The molecule has 1 rings (SSSR count). The zero-order chi connectivity index (χ0) is 8.32. The van der Waals surface area contributed by atoms with Crippen molar-refractivity contribution in [2.45, 2.75) is 33.6 Å². The number of hydrogen-bond donors (Lipinski definition) is 0. The van der Waals surface area contributed by atoms with Crippen LogP contribution in [0.3, 0.4) is 0 Å². The minimum absolute atomic E-state index is 0.496. The van der Waals surface area contributed by atoms with Gasteiger partial charge in [-0.05, 0) is 26.0 Å². The van der Waals surface area contributed by atoms with Crippen molar-refractivity contribution in [2.75, 3.05) is 13.1 Å². The van der Waals surface area contributed by atoms with Crippen molar-refractivity contribution < 1.29 is 0 Å². The van der Waals surface area contributed by atoms with Crippen molar-refractivity contribution in [3.8, 4) is 0 Å². The lowest BCUT2D eigenvalue weighted by molar-refractivity contribution is 0.272. The fourth-order valence-corrected chi connectivity index (χ4v) is 1.70. The van der Waals surface area contributed by atoms with Gasteiger partial charge >= 0.3 is 0 Å². The molecule has 0 saturated carbocycles. The maximum atomic E-state index is 2.40. The van der Waals surface area contributed by atoms with Gasteiger partial charge in [-0.3, -0.25) is 0 Å². The summed E-state index contributed by atoms with van der Waals surface area (Å²) in [4.78, 5) is 2.40. The van der Waals surface area contributed by atoms with Crippen LogP contribution in [0.1, 0.15) is 33.6 Å². The molecule has 0 spiro atoms. The summed E-state index contributed by atoms with van der Waals surface area (Å²) in [5.74, 6) is 0. The Balaban J connectivity index is 2.57. The molecule has 0 fully saturated rings. The number of nitrogens with zero attached hydrogens (tertiary/aromatic N) is 1. The standard InChI is InChI=1S/C10H19N/c1-4-10(5-2)7-8-11(6-3)9-10/h7-8H,4-6,9H2,1-3H3. The molecular weight excluding hydrogens is 134 g/mol. The molecule has 0 radical (unpaired) electrons. The third-order valence-electron chi connectivity index (χ3n) is 2.97. The molecule has 0 unspecified atom stereocenters. The predicted molar refractivity (Wildman–Crippen MR) is 49.4 cm³/mol. The Morgan fingerprint density at radius 2 is 1.91 bits per heavy atom. The Morgan fingerprint density at radius 3 is 2.18 bits per heavy atom.